The number of benzene rings is 9. The van der Waals surface area contributed by atoms with Gasteiger partial charge < -0.3 is 4.40 Å². The van der Waals surface area contributed by atoms with Crippen LogP contribution in [0.1, 0.15) is 24.0 Å². The Labute approximate surface area is 291 Å². The number of fused-ring (bicyclic) bond motifs is 17. The Bertz CT molecular complexity index is 3400. The molecule has 0 saturated carbocycles. The van der Waals surface area contributed by atoms with Crippen LogP contribution >= 0.6 is 11.3 Å². The van der Waals surface area contributed by atoms with Crippen LogP contribution in [0.4, 0.5) is 0 Å². The molecule has 1 unspecified atom stereocenters. The third-order valence-electron chi connectivity index (χ3n) is 11.6. The zero-order chi connectivity index (χ0) is 32.7. The van der Waals surface area contributed by atoms with Crippen LogP contribution in [0, 0.1) is 0 Å². The highest BCUT2D eigenvalue weighted by Crippen LogP contribution is 2.47. The van der Waals surface area contributed by atoms with Crippen molar-refractivity contribution in [2.75, 3.05) is 0 Å². The average molecular weight is 652 g/mol. The molecule has 3 aromatic heterocycles. The Kier molecular flexibility index (Phi) is 5.17. The largest absolute Gasteiger partial charge is 0.308 e. The van der Waals surface area contributed by atoms with Gasteiger partial charge in [-0.05, 0) is 85.2 Å². The van der Waals surface area contributed by atoms with Gasteiger partial charge in [0.2, 0.25) is 0 Å². The summed E-state index contributed by atoms with van der Waals surface area (Å²) in [5.41, 5.74) is 6.61. The number of hydrogen-bond acceptors (Lipinski definition) is 1. The number of thiophene rings is 1. The number of aromatic nitrogens is 1. The molecule has 0 aliphatic heterocycles. The Morgan fingerprint density at radius 1 is 0.440 bits per heavy atom. The van der Waals surface area contributed by atoms with E-state index in [-0.39, 0.29) is 5.92 Å². The second-order valence-electron chi connectivity index (χ2n) is 14.0. The van der Waals surface area contributed by atoms with Crippen LogP contribution in [0.25, 0.3) is 101 Å². The molecule has 0 amide bonds. The molecule has 232 valence electrons. The maximum absolute atomic E-state index is 2.47. The molecule has 0 N–H and O–H groups in total. The van der Waals surface area contributed by atoms with E-state index < -0.39 is 0 Å². The molecule has 50 heavy (non-hydrogen) atoms. The van der Waals surface area contributed by atoms with Crippen LogP contribution in [0.15, 0.2) is 152 Å². The molecule has 3 heterocycles. The van der Waals surface area contributed by atoms with Crippen molar-refractivity contribution in [3.05, 3.63) is 163 Å². The van der Waals surface area contributed by atoms with Crippen molar-refractivity contribution in [3.63, 3.8) is 0 Å². The molecule has 0 radical (unpaired) electrons. The first-order valence-corrected chi connectivity index (χ1v) is 18.3. The smallest absolute Gasteiger partial charge is 0.0620 e. The summed E-state index contributed by atoms with van der Waals surface area (Å²) in [7, 11) is 0. The van der Waals surface area contributed by atoms with Gasteiger partial charge in [0.15, 0.2) is 0 Å². The van der Waals surface area contributed by atoms with Crippen molar-refractivity contribution >= 4 is 113 Å². The van der Waals surface area contributed by atoms with E-state index in [2.05, 4.69) is 163 Å². The van der Waals surface area contributed by atoms with Gasteiger partial charge in [-0.1, -0.05) is 122 Å². The minimum atomic E-state index is 0.189. The van der Waals surface area contributed by atoms with Gasteiger partial charge in [-0.2, -0.15) is 0 Å². The fourth-order valence-corrected chi connectivity index (χ4v) is 10.6. The van der Waals surface area contributed by atoms with Crippen LogP contribution in [0.5, 0.6) is 0 Å². The fourth-order valence-electron chi connectivity index (χ4n) is 9.29. The lowest BCUT2D eigenvalue weighted by atomic mass is 9.84. The van der Waals surface area contributed by atoms with Gasteiger partial charge in [-0.3, -0.25) is 0 Å². The van der Waals surface area contributed by atoms with Crippen LogP contribution in [0.2, 0.25) is 0 Å². The van der Waals surface area contributed by atoms with Gasteiger partial charge in [0, 0.05) is 53.0 Å². The molecule has 0 saturated heterocycles. The van der Waals surface area contributed by atoms with E-state index in [0.717, 1.165) is 0 Å². The molecular weight excluding hydrogens is 623 g/mol. The summed E-state index contributed by atoms with van der Waals surface area (Å²) in [5.74, 6) is 0.189. The summed E-state index contributed by atoms with van der Waals surface area (Å²) in [6, 6.07) is 57.2. The Morgan fingerprint density at radius 3 is 1.98 bits per heavy atom. The zero-order valence-electron chi connectivity index (χ0n) is 27.4. The van der Waals surface area contributed by atoms with Crippen LogP contribution in [0.3, 0.4) is 0 Å². The molecule has 1 nitrogen and oxygen atoms in total. The van der Waals surface area contributed by atoms with Crippen molar-refractivity contribution in [3.8, 4) is 0 Å². The van der Waals surface area contributed by atoms with Gasteiger partial charge in [0.1, 0.15) is 0 Å². The highest BCUT2D eigenvalue weighted by Gasteiger charge is 2.22. The summed E-state index contributed by atoms with van der Waals surface area (Å²) in [6.07, 6.45) is 0. The standard InChI is InChI=1S/C48H29NS/c1-27(28-20-23-43-40(24-28)36-16-9-15-35-32-12-4-6-18-42(32)49(43)47(35)36)31-14-8-17-38-45(31)41-26-30-11-3-2-10-29(30)25-39(41)34-21-22-37-33-13-5-7-19-44(33)50-48(37)46(34)38/h2-27H,1H3. The van der Waals surface area contributed by atoms with Crippen LogP contribution in [-0.2, 0) is 0 Å². The van der Waals surface area contributed by atoms with Gasteiger partial charge in [0.05, 0.1) is 16.6 Å². The lowest BCUT2D eigenvalue weighted by molar-refractivity contribution is 0.936. The van der Waals surface area contributed by atoms with E-state index in [1.807, 2.05) is 11.3 Å². The summed E-state index contributed by atoms with van der Waals surface area (Å²) in [5, 5.41) is 18.7. The number of rotatable bonds is 2. The van der Waals surface area contributed by atoms with E-state index in [1.54, 1.807) is 0 Å². The second kappa shape index (κ2) is 9.59. The molecular formula is C48H29NS. The molecule has 0 bridgehead atoms. The molecule has 9 aromatic carbocycles. The van der Waals surface area contributed by atoms with Crippen LogP contribution in [-0.4, -0.2) is 4.40 Å². The first-order valence-electron chi connectivity index (χ1n) is 17.5. The second-order valence-corrected chi connectivity index (χ2v) is 15.1. The lowest BCUT2D eigenvalue weighted by Crippen LogP contribution is -1.99. The summed E-state index contributed by atoms with van der Waals surface area (Å²) in [4.78, 5) is 0. The number of hydrogen-bond donors (Lipinski definition) is 0. The fraction of sp³-hybridized carbons (Fsp3) is 0.0417. The van der Waals surface area contributed by atoms with E-state index in [1.165, 1.54) is 112 Å². The summed E-state index contributed by atoms with van der Waals surface area (Å²) >= 11 is 1.93. The van der Waals surface area contributed by atoms with Crippen molar-refractivity contribution in [2.24, 2.45) is 0 Å². The molecule has 0 aliphatic rings. The number of nitrogens with zero attached hydrogens (tertiary/aromatic N) is 1. The Balaban J connectivity index is 1.18. The normalized spacial score (nSPS) is 13.2. The molecule has 0 spiro atoms. The molecule has 12 aromatic rings. The van der Waals surface area contributed by atoms with Gasteiger partial charge in [0.25, 0.3) is 0 Å². The quantitative estimate of drug-likeness (QED) is 0.129. The Morgan fingerprint density at radius 2 is 1.10 bits per heavy atom. The van der Waals surface area contributed by atoms with Crippen molar-refractivity contribution in [1.29, 1.82) is 0 Å². The third-order valence-corrected chi connectivity index (χ3v) is 12.8. The topological polar surface area (TPSA) is 4.41 Å². The zero-order valence-corrected chi connectivity index (χ0v) is 28.2. The van der Waals surface area contributed by atoms with E-state index in [4.69, 9.17) is 0 Å². The third kappa shape index (κ3) is 3.37. The van der Waals surface area contributed by atoms with E-state index in [0.29, 0.717) is 0 Å². The van der Waals surface area contributed by atoms with Gasteiger partial charge >= 0.3 is 0 Å². The maximum atomic E-state index is 2.47. The minimum absolute atomic E-state index is 0.189. The highest BCUT2D eigenvalue weighted by molar-refractivity contribution is 7.26. The predicted molar refractivity (Wildman–Crippen MR) is 218 cm³/mol. The SMILES string of the molecule is CC(c1ccc2c(c1)c1cccc3c4ccccc4n2c31)c1cccc2c1c1cc3ccccc3cc1c1ccc3c4ccccc4sc3c12. The Hall–Kier alpha value is -5.96. The molecule has 1 atom stereocenters. The highest BCUT2D eigenvalue weighted by atomic mass is 32.1. The first-order chi connectivity index (χ1) is 24.7. The minimum Gasteiger partial charge on any atom is -0.308 e. The van der Waals surface area contributed by atoms with Crippen LogP contribution < -0.4 is 0 Å². The van der Waals surface area contributed by atoms with Crippen molar-refractivity contribution in [1.82, 2.24) is 4.40 Å². The van der Waals surface area contributed by atoms with E-state index >= 15 is 0 Å². The van der Waals surface area contributed by atoms with Gasteiger partial charge in [-0.25, -0.2) is 0 Å². The predicted octanol–water partition coefficient (Wildman–Crippen LogP) is 14.0. The number of para-hydroxylation sites is 2. The summed E-state index contributed by atoms with van der Waals surface area (Å²) < 4.78 is 5.20. The lowest BCUT2D eigenvalue weighted by Gasteiger charge is -2.20. The van der Waals surface area contributed by atoms with Crippen molar-refractivity contribution < 1.29 is 0 Å². The average Bonchev–Trinajstić information content (AvgIpc) is 3.83. The molecule has 0 aliphatic carbocycles. The molecule has 12 rings (SSSR count). The molecule has 2 heteroatoms. The maximum Gasteiger partial charge on any atom is 0.0620 e. The van der Waals surface area contributed by atoms with Gasteiger partial charge in [-0.15, -0.1) is 11.3 Å². The monoisotopic (exact) mass is 651 g/mol. The first kappa shape index (κ1) is 26.9. The van der Waals surface area contributed by atoms with E-state index in [9.17, 15) is 0 Å². The van der Waals surface area contributed by atoms with Crippen molar-refractivity contribution in [2.45, 2.75) is 12.8 Å². The molecule has 0 fully saturated rings. The summed E-state index contributed by atoms with van der Waals surface area (Å²) in [6.45, 7) is 2.40.